The summed E-state index contributed by atoms with van der Waals surface area (Å²) in [5.74, 6) is 0.660. The lowest BCUT2D eigenvalue weighted by Crippen LogP contribution is -2.46. The molecule has 8 nitrogen and oxygen atoms in total. The third kappa shape index (κ3) is 3.85. The maximum atomic E-state index is 12.9. The number of benzene rings is 1. The number of nitrogens with two attached hydrogens (primary N) is 1. The van der Waals surface area contributed by atoms with E-state index in [0.717, 1.165) is 31.2 Å². The van der Waals surface area contributed by atoms with Gasteiger partial charge in [-0.25, -0.2) is 9.78 Å². The molecule has 0 bridgehead atoms. The highest BCUT2D eigenvalue weighted by Gasteiger charge is 2.32. The molecule has 9 heteroatoms. The molecule has 0 unspecified atom stereocenters. The van der Waals surface area contributed by atoms with Crippen molar-refractivity contribution in [2.75, 3.05) is 27.9 Å². The minimum absolute atomic E-state index is 0.0225. The van der Waals surface area contributed by atoms with Crippen molar-refractivity contribution in [1.82, 2.24) is 9.97 Å². The highest BCUT2D eigenvalue weighted by molar-refractivity contribution is 6.34. The average molecular weight is 415 g/mol. The van der Waals surface area contributed by atoms with Gasteiger partial charge < -0.3 is 11.1 Å². The zero-order valence-corrected chi connectivity index (χ0v) is 16.9. The maximum Gasteiger partial charge on any atom is 0.330 e. The number of anilines is 4. The number of nitrogens with one attached hydrogen (secondary N) is 1. The molecule has 0 atom stereocenters. The molecule has 3 amide bonds. The number of fused-ring (bicyclic) bond motifs is 1. The van der Waals surface area contributed by atoms with Crippen molar-refractivity contribution in [3.63, 3.8) is 0 Å². The smallest absolute Gasteiger partial charge is 0.330 e. The van der Waals surface area contributed by atoms with Gasteiger partial charge in [0.15, 0.2) is 0 Å². The number of nitrogens with zero attached hydrogens (tertiary/aromatic N) is 4. The molecule has 2 aromatic rings. The van der Waals surface area contributed by atoms with E-state index in [1.807, 2.05) is 0 Å². The summed E-state index contributed by atoms with van der Waals surface area (Å²) < 4.78 is 0. The Morgan fingerprint density at radius 3 is 2.79 bits per heavy atom. The van der Waals surface area contributed by atoms with Crippen molar-refractivity contribution < 1.29 is 9.59 Å². The van der Waals surface area contributed by atoms with Crippen LogP contribution in [-0.4, -0.2) is 29.0 Å². The molecule has 2 heterocycles. The summed E-state index contributed by atoms with van der Waals surface area (Å²) in [6.07, 6.45) is 6.81. The zero-order valence-electron chi connectivity index (χ0n) is 16.2. The predicted octanol–water partition coefficient (Wildman–Crippen LogP) is 3.81. The van der Waals surface area contributed by atoms with E-state index >= 15 is 0 Å². The Balaban J connectivity index is 1.59. The van der Waals surface area contributed by atoms with Crippen molar-refractivity contribution >= 4 is 46.7 Å². The first-order valence-corrected chi connectivity index (χ1v) is 10.1. The number of hydrogen-bond donors (Lipinski definition) is 2. The van der Waals surface area contributed by atoms with Gasteiger partial charge in [0.25, 0.3) is 0 Å². The minimum Gasteiger partial charge on any atom is -0.368 e. The molecule has 0 radical (unpaired) electrons. The number of amides is 3. The average Bonchev–Trinajstić information content (AvgIpc) is 2.73. The third-order valence-electron chi connectivity index (χ3n) is 5.50. The van der Waals surface area contributed by atoms with Crippen LogP contribution in [0.3, 0.4) is 0 Å². The first-order chi connectivity index (χ1) is 13.9. The number of carbonyl (C=O) groups excluding carboxylic acids is 2. The Hall–Kier alpha value is -2.87. The van der Waals surface area contributed by atoms with E-state index in [4.69, 9.17) is 17.3 Å². The van der Waals surface area contributed by atoms with E-state index in [9.17, 15) is 9.59 Å². The largest absolute Gasteiger partial charge is 0.368 e. The summed E-state index contributed by atoms with van der Waals surface area (Å²) in [5.41, 5.74) is 7.55. The van der Waals surface area contributed by atoms with Gasteiger partial charge >= 0.3 is 6.03 Å². The van der Waals surface area contributed by atoms with E-state index in [1.54, 1.807) is 36.3 Å². The molecule has 3 N–H and O–H groups in total. The molecule has 1 aliphatic heterocycles. The summed E-state index contributed by atoms with van der Waals surface area (Å²) in [6.45, 7) is 0.262. The Kier molecular flexibility index (Phi) is 5.27. The van der Waals surface area contributed by atoms with Gasteiger partial charge in [-0.1, -0.05) is 30.9 Å². The number of carbonyl (C=O) groups is 2. The molecule has 1 aromatic heterocycles. The van der Waals surface area contributed by atoms with Crippen LogP contribution in [0.15, 0.2) is 24.4 Å². The van der Waals surface area contributed by atoms with E-state index < -0.39 is 0 Å². The minimum atomic E-state index is -0.284. The van der Waals surface area contributed by atoms with Crippen LogP contribution < -0.4 is 20.9 Å². The van der Waals surface area contributed by atoms with Crippen LogP contribution in [0, 0.1) is 5.92 Å². The van der Waals surface area contributed by atoms with Gasteiger partial charge in [0.2, 0.25) is 11.9 Å². The molecule has 1 aliphatic carbocycles. The second kappa shape index (κ2) is 7.87. The van der Waals surface area contributed by atoms with Gasteiger partial charge in [-0.3, -0.25) is 14.6 Å². The summed E-state index contributed by atoms with van der Waals surface area (Å²) in [6, 6.07) is 4.89. The molecule has 0 spiro atoms. The highest BCUT2D eigenvalue weighted by atomic mass is 35.5. The van der Waals surface area contributed by atoms with E-state index in [0.29, 0.717) is 22.2 Å². The van der Waals surface area contributed by atoms with Crippen molar-refractivity contribution in [3.8, 4) is 0 Å². The van der Waals surface area contributed by atoms with Crippen LogP contribution in [0.25, 0.3) is 0 Å². The highest BCUT2D eigenvalue weighted by Crippen LogP contribution is 2.35. The Bertz CT molecular complexity index is 960. The number of halogens is 1. The molecular weight excluding hydrogens is 392 g/mol. The van der Waals surface area contributed by atoms with Gasteiger partial charge in [-0.05, 0) is 31.0 Å². The Labute approximate surface area is 174 Å². The molecule has 1 fully saturated rings. The molecule has 1 saturated carbocycles. The number of rotatable bonds is 3. The first-order valence-electron chi connectivity index (χ1n) is 9.71. The number of aromatic nitrogens is 2. The van der Waals surface area contributed by atoms with Crippen LogP contribution in [0.5, 0.6) is 0 Å². The molecule has 4 rings (SSSR count). The monoisotopic (exact) mass is 414 g/mol. The second-order valence-corrected chi connectivity index (χ2v) is 7.90. The van der Waals surface area contributed by atoms with Crippen LogP contribution in [-0.2, 0) is 11.3 Å². The SMILES string of the molecule is CN1C(=O)N(c2cc(NC(=O)C3CCCCC3)ccc2Cl)Cc2cnc(N)nc21. The maximum absolute atomic E-state index is 12.9. The molecule has 152 valence electrons. The van der Waals surface area contributed by atoms with Gasteiger partial charge in [-0.15, -0.1) is 0 Å². The van der Waals surface area contributed by atoms with Crippen LogP contribution >= 0.6 is 11.6 Å². The molecule has 1 aromatic carbocycles. The topological polar surface area (TPSA) is 104 Å². The van der Waals surface area contributed by atoms with E-state index in [2.05, 4.69) is 15.3 Å². The number of hydrogen-bond acceptors (Lipinski definition) is 5. The molecule has 29 heavy (non-hydrogen) atoms. The quantitative estimate of drug-likeness (QED) is 0.794. The number of nitrogen functional groups attached to an aromatic ring is 1. The number of urea groups is 1. The van der Waals surface area contributed by atoms with Gasteiger partial charge in [0.05, 0.1) is 17.3 Å². The fourth-order valence-corrected chi connectivity index (χ4v) is 4.14. The fourth-order valence-electron chi connectivity index (χ4n) is 3.92. The first kappa shape index (κ1) is 19.4. The third-order valence-corrected chi connectivity index (χ3v) is 5.82. The predicted molar refractivity (Wildman–Crippen MR) is 113 cm³/mol. The zero-order chi connectivity index (χ0) is 20.5. The molecule has 2 aliphatic rings. The molecule has 0 saturated heterocycles. The summed E-state index contributed by atoms with van der Waals surface area (Å²) in [4.78, 5) is 36.7. The second-order valence-electron chi connectivity index (χ2n) is 7.50. The lowest BCUT2D eigenvalue weighted by Gasteiger charge is -2.34. The lowest BCUT2D eigenvalue weighted by atomic mass is 9.88. The lowest BCUT2D eigenvalue weighted by molar-refractivity contribution is -0.120. The normalized spacial score (nSPS) is 17.2. The van der Waals surface area contributed by atoms with Crippen molar-refractivity contribution in [3.05, 3.63) is 35.0 Å². The van der Waals surface area contributed by atoms with Crippen LogP contribution in [0.1, 0.15) is 37.7 Å². The van der Waals surface area contributed by atoms with Gasteiger partial charge in [0, 0.05) is 30.4 Å². The van der Waals surface area contributed by atoms with Crippen LogP contribution in [0.4, 0.5) is 27.9 Å². The van der Waals surface area contributed by atoms with E-state index in [1.165, 1.54) is 11.3 Å². The summed E-state index contributed by atoms with van der Waals surface area (Å²) in [7, 11) is 1.63. The summed E-state index contributed by atoms with van der Waals surface area (Å²) >= 11 is 6.40. The fraction of sp³-hybridized carbons (Fsp3) is 0.400. The van der Waals surface area contributed by atoms with E-state index in [-0.39, 0.29) is 30.3 Å². The van der Waals surface area contributed by atoms with Crippen LogP contribution in [0.2, 0.25) is 5.02 Å². The van der Waals surface area contributed by atoms with Gasteiger partial charge in [0.1, 0.15) is 5.82 Å². The molecular formula is C20H23ClN6O2. The van der Waals surface area contributed by atoms with Gasteiger partial charge in [-0.2, -0.15) is 4.98 Å². The summed E-state index contributed by atoms with van der Waals surface area (Å²) in [5, 5.41) is 3.40. The Morgan fingerprint density at radius 2 is 2.03 bits per heavy atom. The van der Waals surface area contributed by atoms with Crippen molar-refractivity contribution in [2.45, 2.75) is 38.6 Å². The van der Waals surface area contributed by atoms with Crippen molar-refractivity contribution in [1.29, 1.82) is 0 Å². The van der Waals surface area contributed by atoms with Crippen molar-refractivity contribution in [2.24, 2.45) is 5.92 Å². The standard InChI is InChI=1S/C20H23ClN6O2/c1-26-17-13(10-23-19(22)25-17)11-27(20(26)29)16-9-14(7-8-15(16)21)24-18(28)12-5-3-2-4-6-12/h7-10,12H,2-6,11H2,1H3,(H,24,28)(H2,22,23,25). The Morgan fingerprint density at radius 1 is 1.28 bits per heavy atom.